The van der Waals surface area contributed by atoms with Gasteiger partial charge in [0, 0.05) is 6.54 Å². The number of aliphatic hydroxyl groups is 1. The maximum absolute atomic E-state index is 9.71. The molecule has 1 rings (SSSR count). The maximum Gasteiger partial charge on any atom is 0.0718 e. The minimum Gasteiger partial charge on any atom is -0.389 e. The summed E-state index contributed by atoms with van der Waals surface area (Å²) in [6, 6.07) is 0. The van der Waals surface area contributed by atoms with Crippen LogP contribution in [0, 0.1) is 5.92 Å². The van der Waals surface area contributed by atoms with E-state index < -0.39 is 5.60 Å². The Balaban J connectivity index is 2.14. The molecule has 0 saturated carbocycles. The van der Waals surface area contributed by atoms with Gasteiger partial charge in [0.15, 0.2) is 0 Å². The Labute approximate surface area is 100 Å². The third kappa shape index (κ3) is 5.83. The monoisotopic (exact) mass is 228 g/mol. The van der Waals surface area contributed by atoms with Gasteiger partial charge in [-0.15, -0.1) is 0 Å². The van der Waals surface area contributed by atoms with Crippen molar-refractivity contribution in [1.82, 2.24) is 9.80 Å². The summed E-state index contributed by atoms with van der Waals surface area (Å²) in [7, 11) is 4.31. The SMILES string of the molecule is CN1CCC(CCN(C)CC(C)(C)O)CC1. The van der Waals surface area contributed by atoms with E-state index in [0.29, 0.717) is 0 Å². The van der Waals surface area contributed by atoms with Crippen molar-refractivity contribution < 1.29 is 5.11 Å². The fourth-order valence-corrected chi connectivity index (χ4v) is 2.49. The molecule has 0 amide bonds. The zero-order chi connectivity index (χ0) is 12.2. The van der Waals surface area contributed by atoms with Crippen molar-refractivity contribution in [1.29, 1.82) is 0 Å². The Morgan fingerprint density at radius 1 is 1.31 bits per heavy atom. The van der Waals surface area contributed by atoms with Crippen molar-refractivity contribution in [2.24, 2.45) is 5.92 Å². The molecular weight excluding hydrogens is 200 g/mol. The van der Waals surface area contributed by atoms with Gasteiger partial charge in [0.05, 0.1) is 5.60 Å². The molecule has 0 unspecified atom stereocenters. The highest BCUT2D eigenvalue weighted by atomic mass is 16.3. The van der Waals surface area contributed by atoms with E-state index in [1.165, 1.54) is 32.4 Å². The summed E-state index contributed by atoms with van der Waals surface area (Å²) in [6.45, 7) is 8.12. The Morgan fingerprint density at radius 3 is 2.38 bits per heavy atom. The lowest BCUT2D eigenvalue weighted by molar-refractivity contribution is 0.0421. The molecule has 0 radical (unpaired) electrons. The van der Waals surface area contributed by atoms with Gasteiger partial charge >= 0.3 is 0 Å². The van der Waals surface area contributed by atoms with Crippen LogP contribution >= 0.6 is 0 Å². The number of piperidine rings is 1. The number of likely N-dealkylation sites (N-methyl/N-ethyl adjacent to an activating group) is 1. The smallest absolute Gasteiger partial charge is 0.0718 e. The molecule has 1 aliphatic heterocycles. The minimum atomic E-state index is -0.568. The molecular formula is C13H28N2O. The highest BCUT2D eigenvalue weighted by Crippen LogP contribution is 2.19. The van der Waals surface area contributed by atoms with Gasteiger partial charge in [0.1, 0.15) is 0 Å². The van der Waals surface area contributed by atoms with Crippen molar-refractivity contribution in [2.45, 2.75) is 38.7 Å². The fourth-order valence-electron chi connectivity index (χ4n) is 2.49. The molecule has 0 aromatic rings. The van der Waals surface area contributed by atoms with E-state index >= 15 is 0 Å². The fraction of sp³-hybridized carbons (Fsp3) is 1.00. The molecule has 96 valence electrons. The number of hydrogen-bond acceptors (Lipinski definition) is 3. The second-order valence-electron chi connectivity index (χ2n) is 6.09. The zero-order valence-electron chi connectivity index (χ0n) is 11.4. The minimum absolute atomic E-state index is 0.568. The first-order valence-corrected chi connectivity index (χ1v) is 6.46. The Morgan fingerprint density at radius 2 is 1.88 bits per heavy atom. The second-order valence-corrected chi connectivity index (χ2v) is 6.09. The highest BCUT2D eigenvalue weighted by molar-refractivity contribution is 4.73. The van der Waals surface area contributed by atoms with Crippen molar-refractivity contribution >= 4 is 0 Å². The Bertz CT molecular complexity index is 193. The van der Waals surface area contributed by atoms with Crippen molar-refractivity contribution in [2.75, 3.05) is 40.3 Å². The molecule has 3 nitrogen and oxygen atoms in total. The standard InChI is InChI=1S/C13H28N2O/c1-13(2,16)11-15(4)10-7-12-5-8-14(3)9-6-12/h12,16H,5-11H2,1-4H3. The van der Waals surface area contributed by atoms with Crippen LogP contribution in [0.5, 0.6) is 0 Å². The lowest BCUT2D eigenvalue weighted by Crippen LogP contribution is -2.38. The van der Waals surface area contributed by atoms with E-state index in [4.69, 9.17) is 0 Å². The van der Waals surface area contributed by atoms with E-state index in [1.54, 1.807) is 0 Å². The number of hydrogen-bond donors (Lipinski definition) is 1. The highest BCUT2D eigenvalue weighted by Gasteiger charge is 2.19. The predicted octanol–water partition coefficient (Wildman–Crippen LogP) is 1.42. The lowest BCUT2D eigenvalue weighted by Gasteiger charge is -2.31. The summed E-state index contributed by atoms with van der Waals surface area (Å²) < 4.78 is 0. The molecule has 0 aromatic carbocycles. The zero-order valence-corrected chi connectivity index (χ0v) is 11.4. The van der Waals surface area contributed by atoms with Gasteiger partial charge in [-0.2, -0.15) is 0 Å². The summed E-state index contributed by atoms with van der Waals surface area (Å²) in [5.74, 6) is 0.889. The van der Waals surface area contributed by atoms with E-state index in [0.717, 1.165) is 19.0 Å². The molecule has 3 heteroatoms. The topological polar surface area (TPSA) is 26.7 Å². The van der Waals surface area contributed by atoms with Gasteiger partial charge in [0.25, 0.3) is 0 Å². The van der Waals surface area contributed by atoms with Crippen LogP contribution in [-0.4, -0.2) is 60.8 Å². The van der Waals surface area contributed by atoms with Crippen LogP contribution in [0.1, 0.15) is 33.1 Å². The summed E-state index contributed by atoms with van der Waals surface area (Å²) in [6.07, 6.45) is 3.96. The van der Waals surface area contributed by atoms with Gasteiger partial charge in [0.2, 0.25) is 0 Å². The summed E-state index contributed by atoms with van der Waals surface area (Å²) in [5, 5.41) is 9.71. The van der Waals surface area contributed by atoms with Crippen LogP contribution in [0.2, 0.25) is 0 Å². The average Bonchev–Trinajstić information content (AvgIpc) is 2.14. The quantitative estimate of drug-likeness (QED) is 0.771. The van der Waals surface area contributed by atoms with E-state index in [9.17, 15) is 5.11 Å². The number of nitrogens with zero attached hydrogens (tertiary/aromatic N) is 2. The van der Waals surface area contributed by atoms with Crippen LogP contribution in [0.4, 0.5) is 0 Å². The van der Waals surface area contributed by atoms with Crippen LogP contribution in [-0.2, 0) is 0 Å². The molecule has 0 spiro atoms. The van der Waals surface area contributed by atoms with Crippen molar-refractivity contribution in [3.63, 3.8) is 0 Å². The van der Waals surface area contributed by atoms with Gasteiger partial charge < -0.3 is 14.9 Å². The molecule has 16 heavy (non-hydrogen) atoms. The van der Waals surface area contributed by atoms with Crippen molar-refractivity contribution in [3.8, 4) is 0 Å². The molecule has 1 fully saturated rings. The van der Waals surface area contributed by atoms with Gasteiger partial charge in [-0.3, -0.25) is 0 Å². The first-order valence-electron chi connectivity index (χ1n) is 6.46. The normalized spacial score (nSPS) is 20.6. The second kappa shape index (κ2) is 5.99. The molecule has 0 aliphatic carbocycles. The van der Waals surface area contributed by atoms with E-state index in [2.05, 4.69) is 23.9 Å². The van der Waals surface area contributed by atoms with Crippen LogP contribution in [0.3, 0.4) is 0 Å². The maximum atomic E-state index is 9.71. The van der Waals surface area contributed by atoms with Gasteiger partial charge in [-0.25, -0.2) is 0 Å². The Hall–Kier alpha value is -0.120. The first-order chi connectivity index (χ1) is 7.37. The summed E-state index contributed by atoms with van der Waals surface area (Å²) >= 11 is 0. The van der Waals surface area contributed by atoms with Crippen LogP contribution in [0.25, 0.3) is 0 Å². The third-order valence-electron chi connectivity index (χ3n) is 3.41. The van der Waals surface area contributed by atoms with Crippen LogP contribution in [0.15, 0.2) is 0 Å². The lowest BCUT2D eigenvalue weighted by atomic mass is 9.93. The average molecular weight is 228 g/mol. The summed E-state index contributed by atoms with van der Waals surface area (Å²) in [5.41, 5.74) is -0.568. The van der Waals surface area contributed by atoms with E-state index in [1.807, 2.05) is 13.8 Å². The molecule has 1 aliphatic rings. The van der Waals surface area contributed by atoms with E-state index in [-0.39, 0.29) is 0 Å². The largest absolute Gasteiger partial charge is 0.389 e. The predicted molar refractivity (Wildman–Crippen MR) is 68.6 cm³/mol. The number of rotatable bonds is 5. The molecule has 1 saturated heterocycles. The first kappa shape index (κ1) is 13.9. The molecule has 0 aromatic heterocycles. The summed E-state index contributed by atoms with van der Waals surface area (Å²) in [4.78, 5) is 4.66. The van der Waals surface area contributed by atoms with Gasteiger partial charge in [-0.1, -0.05) is 0 Å². The molecule has 1 N–H and O–H groups in total. The third-order valence-corrected chi connectivity index (χ3v) is 3.41. The molecule has 0 atom stereocenters. The van der Waals surface area contributed by atoms with Gasteiger partial charge in [-0.05, 0) is 72.8 Å². The molecule has 0 bridgehead atoms. The number of likely N-dealkylation sites (tertiary alicyclic amines) is 1. The Kier molecular flexibility index (Phi) is 5.22. The van der Waals surface area contributed by atoms with Crippen LogP contribution < -0.4 is 0 Å². The van der Waals surface area contributed by atoms with Crippen molar-refractivity contribution in [3.05, 3.63) is 0 Å². The molecule has 1 heterocycles.